The Labute approximate surface area is 159 Å². The van der Waals surface area contributed by atoms with Crippen LogP contribution in [0.2, 0.25) is 5.02 Å². The Morgan fingerprint density at radius 1 is 1.12 bits per heavy atom. The van der Waals surface area contributed by atoms with E-state index in [9.17, 15) is 0 Å². The van der Waals surface area contributed by atoms with Crippen LogP contribution in [0.3, 0.4) is 0 Å². The number of hydrogen-bond donors (Lipinski definition) is 0. The molecule has 2 saturated heterocycles. The molecule has 0 N–H and O–H groups in total. The van der Waals surface area contributed by atoms with Gasteiger partial charge >= 0.3 is 0 Å². The lowest BCUT2D eigenvalue weighted by molar-refractivity contribution is 0.0996. The summed E-state index contributed by atoms with van der Waals surface area (Å²) in [5, 5.41) is 0.769. The van der Waals surface area contributed by atoms with Gasteiger partial charge in [-0.05, 0) is 30.7 Å². The predicted molar refractivity (Wildman–Crippen MR) is 108 cm³/mol. The average Bonchev–Trinajstić information content (AvgIpc) is 2.87. The molecule has 0 atom stereocenters. The third kappa shape index (κ3) is 5.46. The van der Waals surface area contributed by atoms with Crippen molar-refractivity contribution < 1.29 is 4.74 Å². The second-order valence-corrected chi connectivity index (χ2v) is 9.18. The third-order valence-electron chi connectivity index (χ3n) is 4.72. The van der Waals surface area contributed by atoms with E-state index in [1.807, 2.05) is 25.1 Å². The van der Waals surface area contributed by atoms with E-state index in [1.165, 1.54) is 36.1 Å². The maximum atomic E-state index is 5.99. The predicted octanol–water partition coefficient (Wildman–Crippen LogP) is 3.49. The second-order valence-electron chi connectivity index (χ2n) is 6.44. The summed E-state index contributed by atoms with van der Waals surface area (Å²) in [5.41, 5.74) is 1.11. The second kappa shape index (κ2) is 9.58. The Hall–Kier alpha value is -0.0700. The van der Waals surface area contributed by atoms with Crippen molar-refractivity contribution in [2.24, 2.45) is 0 Å². The first kappa shape index (κ1) is 18.7. The van der Waals surface area contributed by atoms with Crippen LogP contribution in [0.5, 0.6) is 5.75 Å². The minimum Gasteiger partial charge on any atom is -0.492 e. The van der Waals surface area contributed by atoms with E-state index in [4.69, 9.17) is 16.3 Å². The fraction of sp³-hybridized carbons (Fsp3) is 0.667. The average molecular weight is 387 g/mol. The Kier molecular flexibility index (Phi) is 7.47. The molecule has 3 rings (SSSR count). The molecule has 2 heterocycles. The third-order valence-corrected chi connectivity index (χ3v) is 7.44. The summed E-state index contributed by atoms with van der Waals surface area (Å²) in [6.45, 7) is 8.52. The molecule has 0 unspecified atom stereocenters. The first-order chi connectivity index (χ1) is 11.7. The number of nitrogens with zero attached hydrogens (tertiary/aromatic N) is 2. The number of piperazine rings is 1. The van der Waals surface area contributed by atoms with Gasteiger partial charge in [-0.3, -0.25) is 9.80 Å². The van der Waals surface area contributed by atoms with E-state index in [-0.39, 0.29) is 0 Å². The van der Waals surface area contributed by atoms with E-state index in [1.54, 1.807) is 0 Å². The molecule has 6 heteroatoms. The normalized spacial score (nSPS) is 21.6. The molecule has 2 aliphatic rings. The van der Waals surface area contributed by atoms with Crippen molar-refractivity contribution in [1.29, 1.82) is 0 Å². The van der Waals surface area contributed by atoms with Crippen molar-refractivity contribution in [3.8, 4) is 5.75 Å². The van der Waals surface area contributed by atoms with Gasteiger partial charge in [-0.25, -0.2) is 0 Å². The topological polar surface area (TPSA) is 15.7 Å². The van der Waals surface area contributed by atoms with Gasteiger partial charge in [0.05, 0.1) is 0 Å². The van der Waals surface area contributed by atoms with Crippen LogP contribution in [-0.2, 0) is 0 Å². The summed E-state index contributed by atoms with van der Waals surface area (Å²) in [7, 11) is 0. The molecule has 0 spiro atoms. The fourth-order valence-corrected chi connectivity index (χ4v) is 6.08. The zero-order chi connectivity index (χ0) is 16.8. The lowest BCUT2D eigenvalue weighted by Gasteiger charge is -2.38. The van der Waals surface area contributed by atoms with Gasteiger partial charge in [-0.15, -0.1) is 0 Å². The van der Waals surface area contributed by atoms with E-state index >= 15 is 0 Å². The highest BCUT2D eigenvalue weighted by Crippen LogP contribution is 2.23. The van der Waals surface area contributed by atoms with Crippen LogP contribution in [0.1, 0.15) is 5.56 Å². The van der Waals surface area contributed by atoms with Gasteiger partial charge in [-0.2, -0.15) is 23.5 Å². The zero-order valence-electron chi connectivity index (χ0n) is 14.4. The standard InChI is InChI=1S/C18H27ClN2OS2/c1-15-12-16(19)2-3-18(15)22-9-8-20-4-6-21(7-5-20)17-13-23-10-11-24-14-17/h2-3,12,17H,4-11,13-14H2,1H3. The number of aryl methyl sites for hydroxylation is 1. The highest BCUT2D eigenvalue weighted by molar-refractivity contribution is 8.03. The maximum Gasteiger partial charge on any atom is 0.122 e. The number of rotatable bonds is 5. The van der Waals surface area contributed by atoms with Crippen LogP contribution < -0.4 is 4.74 Å². The summed E-state index contributed by atoms with van der Waals surface area (Å²) >= 11 is 10.2. The Balaban J connectivity index is 1.37. The molecule has 0 aliphatic carbocycles. The Morgan fingerprint density at radius 2 is 1.83 bits per heavy atom. The molecule has 0 radical (unpaired) electrons. The van der Waals surface area contributed by atoms with Crippen molar-refractivity contribution in [2.75, 3.05) is 62.3 Å². The zero-order valence-corrected chi connectivity index (χ0v) is 16.8. The van der Waals surface area contributed by atoms with Gasteiger partial charge in [0.1, 0.15) is 12.4 Å². The molecule has 134 valence electrons. The van der Waals surface area contributed by atoms with Gasteiger partial charge in [0, 0.05) is 66.8 Å². The van der Waals surface area contributed by atoms with Crippen molar-refractivity contribution in [3.63, 3.8) is 0 Å². The van der Waals surface area contributed by atoms with Crippen molar-refractivity contribution in [1.82, 2.24) is 9.80 Å². The van der Waals surface area contributed by atoms with Gasteiger partial charge in [0.25, 0.3) is 0 Å². The molecule has 0 bridgehead atoms. The van der Waals surface area contributed by atoms with Gasteiger partial charge in [0.2, 0.25) is 0 Å². The smallest absolute Gasteiger partial charge is 0.122 e. The SMILES string of the molecule is Cc1cc(Cl)ccc1OCCN1CCN(C2CSCCSC2)CC1. The highest BCUT2D eigenvalue weighted by atomic mass is 35.5. The fourth-order valence-electron chi connectivity index (χ4n) is 3.23. The molecule has 3 nitrogen and oxygen atoms in total. The van der Waals surface area contributed by atoms with Crippen molar-refractivity contribution >= 4 is 35.1 Å². The van der Waals surface area contributed by atoms with Crippen LogP contribution in [0.4, 0.5) is 0 Å². The monoisotopic (exact) mass is 386 g/mol. The number of ether oxygens (including phenoxy) is 1. The summed E-state index contributed by atoms with van der Waals surface area (Å²) in [5.74, 6) is 6.22. The van der Waals surface area contributed by atoms with E-state index in [2.05, 4.69) is 33.3 Å². The van der Waals surface area contributed by atoms with E-state index in [0.29, 0.717) is 0 Å². The van der Waals surface area contributed by atoms with Crippen LogP contribution in [0.15, 0.2) is 18.2 Å². The molecule has 2 fully saturated rings. The molecule has 2 aliphatic heterocycles. The number of benzene rings is 1. The molecule has 0 amide bonds. The Morgan fingerprint density at radius 3 is 2.50 bits per heavy atom. The lowest BCUT2D eigenvalue weighted by Crippen LogP contribution is -2.52. The molecular weight excluding hydrogens is 360 g/mol. The number of halogens is 1. The highest BCUT2D eigenvalue weighted by Gasteiger charge is 2.24. The molecular formula is C18H27ClN2OS2. The van der Waals surface area contributed by atoms with Gasteiger partial charge < -0.3 is 4.74 Å². The van der Waals surface area contributed by atoms with E-state index < -0.39 is 0 Å². The summed E-state index contributed by atoms with van der Waals surface area (Å²) in [4.78, 5) is 5.23. The van der Waals surface area contributed by atoms with Gasteiger partial charge in [-0.1, -0.05) is 11.6 Å². The minimum atomic E-state index is 0.748. The quantitative estimate of drug-likeness (QED) is 0.767. The largest absolute Gasteiger partial charge is 0.492 e. The van der Waals surface area contributed by atoms with Crippen molar-refractivity contribution in [2.45, 2.75) is 13.0 Å². The minimum absolute atomic E-state index is 0.748. The summed E-state index contributed by atoms with van der Waals surface area (Å²) in [6, 6.07) is 6.60. The van der Waals surface area contributed by atoms with Crippen LogP contribution in [0, 0.1) is 6.92 Å². The Bertz CT molecular complexity index is 516. The van der Waals surface area contributed by atoms with Crippen molar-refractivity contribution in [3.05, 3.63) is 28.8 Å². The summed E-state index contributed by atoms with van der Waals surface area (Å²) < 4.78 is 5.93. The molecule has 1 aromatic rings. The summed E-state index contributed by atoms with van der Waals surface area (Å²) in [6.07, 6.45) is 0. The maximum absolute atomic E-state index is 5.99. The van der Waals surface area contributed by atoms with E-state index in [0.717, 1.165) is 48.6 Å². The molecule has 24 heavy (non-hydrogen) atoms. The molecule has 0 saturated carbocycles. The van der Waals surface area contributed by atoms with Crippen LogP contribution >= 0.6 is 35.1 Å². The lowest BCUT2D eigenvalue weighted by atomic mass is 10.2. The first-order valence-corrected chi connectivity index (χ1v) is 11.4. The van der Waals surface area contributed by atoms with Crippen LogP contribution in [0.25, 0.3) is 0 Å². The molecule has 0 aromatic heterocycles. The molecule has 1 aromatic carbocycles. The number of hydrogen-bond acceptors (Lipinski definition) is 5. The van der Waals surface area contributed by atoms with Crippen LogP contribution in [-0.4, -0.2) is 78.2 Å². The number of thioether (sulfide) groups is 2. The first-order valence-electron chi connectivity index (χ1n) is 8.73. The van der Waals surface area contributed by atoms with Gasteiger partial charge in [0.15, 0.2) is 0 Å².